The molecule has 1 amide bonds. The van der Waals surface area contributed by atoms with Gasteiger partial charge in [-0.15, -0.1) is 0 Å². The molecule has 0 saturated carbocycles. The zero-order valence-electron chi connectivity index (χ0n) is 11.0. The van der Waals surface area contributed by atoms with E-state index in [9.17, 15) is 24.9 Å². The highest BCUT2D eigenvalue weighted by atomic mass is 32.2. The summed E-state index contributed by atoms with van der Waals surface area (Å²) < 4.78 is 0.240. The lowest BCUT2D eigenvalue weighted by Crippen LogP contribution is -2.30. The Bertz CT molecular complexity index is 677. The number of carbonyl (C=O) groups is 2. The predicted molar refractivity (Wildman–Crippen MR) is 83.6 cm³/mol. The van der Waals surface area contributed by atoms with Crippen molar-refractivity contribution in [1.29, 1.82) is 0 Å². The predicted octanol–water partition coefficient (Wildman–Crippen LogP) is 1.48. The van der Waals surface area contributed by atoms with Crippen molar-refractivity contribution in [2.45, 2.75) is 6.42 Å². The third kappa shape index (κ3) is 3.31. The van der Waals surface area contributed by atoms with Crippen LogP contribution in [0, 0.1) is 0 Å². The van der Waals surface area contributed by atoms with Crippen LogP contribution in [0.2, 0.25) is 0 Å². The fourth-order valence-electron chi connectivity index (χ4n) is 1.76. The molecule has 0 spiro atoms. The lowest BCUT2D eigenvalue weighted by Gasteiger charge is -2.12. The van der Waals surface area contributed by atoms with E-state index < -0.39 is 29.1 Å². The Labute approximate surface area is 134 Å². The average Bonchev–Trinajstić information content (AvgIpc) is 2.68. The second kappa shape index (κ2) is 6.24. The molecule has 0 atom stereocenters. The van der Waals surface area contributed by atoms with Crippen molar-refractivity contribution in [3.8, 4) is 17.2 Å². The van der Waals surface area contributed by atoms with Crippen LogP contribution in [0.25, 0.3) is 6.08 Å². The molecule has 116 valence electrons. The molecule has 0 bridgehead atoms. The number of benzene rings is 1. The number of aliphatic carboxylic acids is 1. The number of thiocarbonyl (C=S) groups is 1. The van der Waals surface area contributed by atoms with Gasteiger partial charge >= 0.3 is 5.97 Å². The molecule has 0 aliphatic carbocycles. The van der Waals surface area contributed by atoms with Crippen LogP contribution in [0.1, 0.15) is 12.0 Å². The van der Waals surface area contributed by atoms with Crippen molar-refractivity contribution in [3.05, 3.63) is 22.6 Å². The van der Waals surface area contributed by atoms with E-state index in [1.807, 2.05) is 0 Å². The number of carboxylic acid groups (broad SMARTS) is 1. The first kappa shape index (κ1) is 16.1. The molecular weight excluding hydrogens is 330 g/mol. The van der Waals surface area contributed by atoms with Crippen LogP contribution in [-0.4, -0.2) is 48.1 Å². The Kier molecular flexibility index (Phi) is 4.57. The van der Waals surface area contributed by atoms with Crippen molar-refractivity contribution in [1.82, 2.24) is 4.90 Å². The van der Waals surface area contributed by atoms with Crippen LogP contribution in [0.4, 0.5) is 0 Å². The van der Waals surface area contributed by atoms with Crippen molar-refractivity contribution in [3.63, 3.8) is 0 Å². The third-order valence-corrected chi connectivity index (χ3v) is 4.19. The molecule has 1 aliphatic rings. The van der Waals surface area contributed by atoms with Gasteiger partial charge < -0.3 is 20.4 Å². The quantitative estimate of drug-likeness (QED) is 0.369. The van der Waals surface area contributed by atoms with E-state index in [1.54, 1.807) is 0 Å². The molecule has 0 aromatic heterocycles. The fraction of sp³-hybridized carbons (Fsp3) is 0.154. The topological polar surface area (TPSA) is 118 Å². The minimum Gasteiger partial charge on any atom is -0.504 e. The summed E-state index contributed by atoms with van der Waals surface area (Å²) >= 11 is 6.03. The lowest BCUT2D eigenvalue weighted by atomic mass is 10.1. The fourth-order valence-corrected chi connectivity index (χ4v) is 3.07. The van der Waals surface area contributed by atoms with Crippen molar-refractivity contribution in [2.75, 3.05) is 6.54 Å². The van der Waals surface area contributed by atoms with Crippen molar-refractivity contribution < 1.29 is 30.0 Å². The minimum absolute atomic E-state index is 0.0244. The van der Waals surface area contributed by atoms with E-state index in [0.717, 1.165) is 11.8 Å². The first-order valence-electron chi connectivity index (χ1n) is 6.01. The summed E-state index contributed by atoms with van der Waals surface area (Å²) in [5.41, 5.74) is 0.298. The van der Waals surface area contributed by atoms with E-state index in [2.05, 4.69) is 0 Å². The molecule has 1 saturated heterocycles. The maximum atomic E-state index is 12.2. The monoisotopic (exact) mass is 341 g/mol. The van der Waals surface area contributed by atoms with Crippen LogP contribution < -0.4 is 0 Å². The Hall–Kier alpha value is -2.26. The highest BCUT2D eigenvalue weighted by molar-refractivity contribution is 8.26. The summed E-state index contributed by atoms with van der Waals surface area (Å²) in [6.07, 6.45) is 1.17. The number of thioether (sulfide) groups is 1. The number of amides is 1. The Morgan fingerprint density at radius 2 is 1.86 bits per heavy atom. The van der Waals surface area contributed by atoms with Gasteiger partial charge in [-0.05, 0) is 23.8 Å². The van der Waals surface area contributed by atoms with E-state index in [0.29, 0.717) is 5.56 Å². The van der Waals surface area contributed by atoms with E-state index in [-0.39, 0.29) is 22.2 Å². The SMILES string of the molecule is O=C(O)CCN1C(=O)C(=Cc2cc(O)c(O)c(O)c2)SC1=S. The third-order valence-electron chi connectivity index (χ3n) is 2.81. The van der Waals surface area contributed by atoms with E-state index in [4.69, 9.17) is 17.3 Å². The molecule has 1 aliphatic heterocycles. The van der Waals surface area contributed by atoms with Gasteiger partial charge in [0.25, 0.3) is 5.91 Å². The van der Waals surface area contributed by atoms with Crippen LogP contribution in [0.15, 0.2) is 17.0 Å². The molecule has 1 heterocycles. The number of hydrogen-bond acceptors (Lipinski definition) is 7. The normalized spacial score (nSPS) is 16.5. The highest BCUT2D eigenvalue weighted by Crippen LogP contribution is 2.38. The van der Waals surface area contributed by atoms with Gasteiger partial charge in [0.15, 0.2) is 17.2 Å². The lowest BCUT2D eigenvalue weighted by molar-refractivity contribution is -0.137. The molecule has 0 unspecified atom stereocenters. The molecular formula is C13H11NO6S2. The molecule has 1 fully saturated rings. The smallest absolute Gasteiger partial charge is 0.305 e. The van der Waals surface area contributed by atoms with Crippen LogP contribution in [0.5, 0.6) is 17.2 Å². The number of aromatic hydroxyl groups is 3. The van der Waals surface area contributed by atoms with Gasteiger partial charge in [0.05, 0.1) is 11.3 Å². The number of rotatable bonds is 4. The average molecular weight is 341 g/mol. The minimum atomic E-state index is -1.04. The van der Waals surface area contributed by atoms with Crippen LogP contribution in [0.3, 0.4) is 0 Å². The molecule has 22 heavy (non-hydrogen) atoms. The molecule has 9 heteroatoms. The standard InChI is InChI=1S/C13H11NO6S2/c15-7-3-6(4-8(16)11(7)19)5-9-12(20)14(13(21)22-9)2-1-10(17)18/h3-5,15-16,19H,1-2H2,(H,17,18). The van der Waals surface area contributed by atoms with Crippen molar-refractivity contribution >= 4 is 46.3 Å². The Morgan fingerprint density at radius 3 is 2.41 bits per heavy atom. The van der Waals surface area contributed by atoms with Gasteiger partial charge in [0.1, 0.15) is 4.32 Å². The van der Waals surface area contributed by atoms with Gasteiger partial charge in [-0.3, -0.25) is 14.5 Å². The Morgan fingerprint density at radius 1 is 1.27 bits per heavy atom. The van der Waals surface area contributed by atoms with E-state index in [1.165, 1.54) is 23.1 Å². The molecule has 1 aromatic rings. The summed E-state index contributed by atoms with van der Waals surface area (Å²) in [5, 5.41) is 36.8. The molecule has 2 rings (SSSR count). The summed E-state index contributed by atoms with van der Waals surface area (Å²) in [4.78, 5) is 24.1. The Balaban J connectivity index is 2.25. The molecule has 4 N–H and O–H groups in total. The van der Waals surface area contributed by atoms with Gasteiger partial charge in [0, 0.05) is 6.54 Å². The van der Waals surface area contributed by atoms with E-state index >= 15 is 0 Å². The molecule has 7 nitrogen and oxygen atoms in total. The summed E-state index contributed by atoms with van der Waals surface area (Å²) in [6.45, 7) is -0.0244. The number of carboxylic acids is 1. The van der Waals surface area contributed by atoms with Crippen LogP contribution >= 0.6 is 24.0 Å². The number of nitrogens with zero attached hydrogens (tertiary/aromatic N) is 1. The second-order valence-corrected chi connectivity index (χ2v) is 6.06. The largest absolute Gasteiger partial charge is 0.504 e. The molecule has 1 aromatic carbocycles. The number of phenolic OH excluding ortho intramolecular Hbond substituents is 3. The first-order chi connectivity index (χ1) is 10.3. The maximum absolute atomic E-state index is 12.2. The van der Waals surface area contributed by atoms with Crippen LogP contribution in [-0.2, 0) is 9.59 Å². The van der Waals surface area contributed by atoms with Crippen molar-refractivity contribution in [2.24, 2.45) is 0 Å². The zero-order chi connectivity index (χ0) is 16.4. The van der Waals surface area contributed by atoms with Gasteiger partial charge in [-0.25, -0.2) is 0 Å². The van der Waals surface area contributed by atoms with Gasteiger partial charge in [-0.2, -0.15) is 0 Å². The number of phenols is 3. The highest BCUT2D eigenvalue weighted by Gasteiger charge is 2.32. The summed E-state index contributed by atoms with van der Waals surface area (Å²) in [7, 11) is 0. The second-order valence-electron chi connectivity index (χ2n) is 4.38. The molecule has 0 radical (unpaired) electrons. The van der Waals surface area contributed by atoms with Gasteiger partial charge in [-0.1, -0.05) is 24.0 Å². The number of hydrogen-bond donors (Lipinski definition) is 4. The summed E-state index contributed by atoms with van der Waals surface area (Å²) in [5.74, 6) is -3.17. The first-order valence-corrected chi connectivity index (χ1v) is 7.24. The maximum Gasteiger partial charge on any atom is 0.305 e. The zero-order valence-corrected chi connectivity index (χ0v) is 12.6. The van der Waals surface area contributed by atoms with Gasteiger partial charge in [0.2, 0.25) is 0 Å². The number of carbonyl (C=O) groups excluding carboxylic acids is 1. The summed E-state index contributed by atoms with van der Waals surface area (Å²) in [6, 6.07) is 2.36.